The predicted octanol–water partition coefficient (Wildman–Crippen LogP) is 3.75. The first kappa shape index (κ1) is 21.2. The number of guanidine groups is 1. The van der Waals surface area contributed by atoms with E-state index < -0.39 is 0 Å². The van der Waals surface area contributed by atoms with Crippen LogP contribution in [0.25, 0.3) is 0 Å². The van der Waals surface area contributed by atoms with Gasteiger partial charge in [0, 0.05) is 19.6 Å². The summed E-state index contributed by atoms with van der Waals surface area (Å²) in [7, 11) is 0. The Morgan fingerprint density at radius 1 is 1.12 bits per heavy atom. The number of halogens is 1. The number of likely N-dealkylation sites (tertiary alicyclic amines) is 1. The molecule has 1 saturated heterocycles. The molecule has 5 heteroatoms. The van der Waals surface area contributed by atoms with Crippen LogP contribution in [0.4, 0.5) is 0 Å². The van der Waals surface area contributed by atoms with E-state index in [1.165, 1.54) is 18.4 Å². The largest absolute Gasteiger partial charge is 0.357 e. The molecule has 4 nitrogen and oxygen atoms in total. The Kier molecular flexibility index (Phi) is 10.3. The second-order valence-electron chi connectivity index (χ2n) is 6.04. The Balaban J connectivity index is 0.00000288. The van der Waals surface area contributed by atoms with Gasteiger partial charge >= 0.3 is 0 Å². The van der Waals surface area contributed by atoms with Gasteiger partial charge < -0.3 is 10.2 Å². The molecule has 1 unspecified atom stereocenters. The van der Waals surface area contributed by atoms with Crippen LogP contribution >= 0.6 is 24.0 Å². The maximum Gasteiger partial charge on any atom is 0.193 e. The number of nitrogens with one attached hydrogen (secondary N) is 1. The second kappa shape index (κ2) is 11.7. The Morgan fingerprint density at radius 3 is 2.29 bits per heavy atom. The van der Waals surface area contributed by atoms with E-state index in [2.05, 4.69) is 66.2 Å². The summed E-state index contributed by atoms with van der Waals surface area (Å²) in [6.07, 6.45) is 2.56. The zero-order chi connectivity index (χ0) is 16.5. The lowest BCUT2D eigenvalue weighted by Gasteiger charge is -2.30. The van der Waals surface area contributed by atoms with Crippen LogP contribution in [0.1, 0.15) is 45.2 Å². The molecule has 24 heavy (non-hydrogen) atoms. The smallest absolute Gasteiger partial charge is 0.193 e. The van der Waals surface area contributed by atoms with E-state index in [4.69, 9.17) is 4.99 Å². The number of likely N-dealkylation sites (N-methyl/N-ethyl adjacent to an activating group) is 1. The van der Waals surface area contributed by atoms with Crippen LogP contribution in [0.2, 0.25) is 0 Å². The molecule has 0 aromatic heterocycles. The third-order valence-corrected chi connectivity index (χ3v) is 4.59. The highest BCUT2D eigenvalue weighted by Crippen LogP contribution is 2.21. The van der Waals surface area contributed by atoms with E-state index in [1.54, 1.807) is 0 Å². The van der Waals surface area contributed by atoms with Crippen molar-refractivity contribution in [2.45, 2.75) is 39.7 Å². The molecular formula is C19H33IN4. The van der Waals surface area contributed by atoms with Gasteiger partial charge in [-0.15, -0.1) is 24.0 Å². The van der Waals surface area contributed by atoms with E-state index in [0.29, 0.717) is 6.04 Å². The highest BCUT2D eigenvalue weighted by Gasteiger charge is 2.20. The summed E-state index contributed by atoms with van der Waals surface area (Å²) in [6.45, 7) is 12.7. The summed E-state index contributed by atoms with van der Waals surface area (Å²) >= 11 is 0. The number of benzene rings is 1. The average Bonchev–Trinajstić information content (AvgIpc) is 3.12. The van der Waals surface area contributed by atoms with Crippen molar-refractivity contribution < 1.29 is 0 Å². The lowest BCUT2D eigenvalue weighted by Crippen LogP contribution is -2.40. The number of hydrogen-bond acceptors (Lipinski definition) is 2. The molecule has 1 aromatic carbocycles. The minimum atomic E-state index is 0. The van der Waals surface area contributed by atoms with Crippen molar-refractivity contribution in [2.24, 2.45) is 4.99 Å². The van der Waals surface area contributed by atoms with Crippen molar-refractivity contribution in [1.82, 2.24) is 15.1 Å². The lowest BCUT2D eigenvalue weighted by molar-refractivity contribution is 0.224. The van der Waals surface area contributed by atoms with Crippen LogP contribution in [0, 0.1) is 0 Å². The highest BCUT2D eigenvalue weighted by atomic mass is 127. The number of hydrogen-bond donors (Lipinski definition) is 1. The first-order chi connectivity index (χ1) is 11.3. The highest BCUT2D eigenvalue weighted by molar-refractivity contribution is 14.0. The quantitative estimate of drug-likeness (QED) is 0.395. The van der Waals surface area contributed by atoms with Gasteiger partial charge in [0.25, 0.3) is 0 Å². The molecule has 0 spiro atoms. The third-order valence-electron chi connectivity index (χ3n) is 4.59. The molecule has 1 fully saturated rings. The fourth-order valence-electron chi connectivity index (χ4n) is 3.30. The summed E-state index contributed by atoms with van der Waals surface area (Å²) in [5.41, 5.74) is 1.36. The Bertz CT molecular complexity index is 468. The number of aliphatic imine (C=N–C) groups is 1. The van der Waals surface area contributed by atoms with Crippen LogP contribution < -0.4 is 5.32 Å². The van der Waals surface area contributed by atoms with E-state index in [0.717, 1.165) is 45.2 Å². The van der Waals surface area contributed by atoms with Crippen LogP contribution in [-0.2, 0) is 0 Å². The summed E-state index contributed by atoms with van der Waals surface area (Å²) in [4.78, 5) is 9.87. The zero-order valence-electron chi connectivity index (χ0n) is 15.4. The summed E-state index contributed by atoms with van der Waals surface area (Å²) in [5, 5.41) is 3.46. The van der Waals surface area contributed by atoms with E-state index in [1.807, 2.05) is 0 Å². The molecule has 136 valence electrons. The Labute approximate surface area is 164 Å². The number of nitrogens with zero attached hydrogens (tertiary/aromatic N) is 3. The topological polar surface area (TPSA) is 30.9 Å². The summed E-state index contributed by atoms with van der Waals surface area (Å²) < 4.78 is 0. The maximum atomic E-state index is 4.98. The summed E-state index contributed by atoms with van der Waals surface area (Å²) in [5.74, 6) is 1.08. The van der Waals surface area contributed by atoms with Crippen LogP contribution in [0.15, 0.2) is 35.3 Å². The van der Waals surface area contributed by atoms with Crippen LogP contribution in [0.3, 0.4) is 0 Å². The van der Waals surface area contributed by atoms with Gasteiger partial charge in [0.05, 0.1) is 12.6 Å². The van der Waals surface area contributed by atoms with Crippen molar-refractivity contribution in [1.29, 1.82) is 0 Å². The molecule has 2 rings (SSSR count). The second-order valence-corrected chi connectivity index (χ2v) is 6.04. The molecule has 0 aliphatic carbocycles. The molecule has 0 bridgehead atoms. The fraction of sp³-hybridized carbons (Fsp3) is 0.632. The molecule has 1 aromatic rings. The van der Waals surface area contributed by atoms with Crippen molar-refractivity contribution >= 4 is 29.9 Å². The first-order valence-electron chi connectivity index (χ1n) is 9.12. The minimum absolute atomic E-state index is 0. The van der Waals surface area contributed by atoms with Crippen molar-refractivity contribution in [3.63, 3.8) is 0 Å². The average molecular weight is 444 g/mol. The molecule has 1 N–H and O–H groups in total. The first-order valence-corrected chi connectivity index (χ1v) is 9.12. The van der Waals surface area contributed by atoms with Gasteiger partial charge in [0.15, 0.2) is 5.96 Å². The van der Waals surface area contributed by atoms with E-state index in [-0.39, 0.29) is 24.0 Å². The molecule has 0 saturated carbocycles. The van der Waals surface area contributed by atoms with Gasteiger partial charge in [-0.1, -0.05) is 44.2 Å². The monoisotopic (exact) mass is 444 g/mol. The van der Waals surface area contributed by atoms with Gasteiger partial charge in [-0.25, -0.2) is 0 Å². The molecule has 1 aliphatic rings. The molecule has 0 radical (unpaired) electrons. The van der Waals surface area contributed by atoms with E-state index >= 15 is 0 Å². The van der Waals surface area contributed by atoms with Gasteiger partial charge in [0.1, 0.15) is 0 Å². The fourth-order valence-corrected chi connectivity index (χ4v) is 3.30. The van der Waals surface area contributed by atoms with Crippen LogP contribution in [0.5, 0.6) is 0 Å². The maximum absolute atomic E-state index is 4.98. The molecule has 1 atom stereocenters. The van der Waals surface area contributed by atoms with Crippen molar-refractivity contribution in [3.8, 4) is 0 Å². The van der Waals surface area contributed by atoms with Gasteiger partial charge in [-0.2, -0.15) is 0 Å². The molecule has 1 heterocycles. The molecule has 0 amide bonds. The lowest BCUT2D eigenvalue weighted by atomic mass is 10.1. The predicted molar refractivity (Wildman–Crippen MR) is 114 cm³/mol. The SMILES string of the molecule is CCNC(=NCC(c1ccccc1)N(CC)CC)N1CCCC1.I. The Morgan fingerprint density at radius 2 is 1.75 bits per heavy atom. The third kappa shape index (κ3) is 5.92. The standard InChI is InChI=1S/C19H32N4.HI/c1-4-20-19(23-14-10-11-15-23)21-16-18(22(5-2)6-3)17-12-8-7-9-13-17;/h7-9,12-13,18H,4-6,10-11,14-16H2,1-3H3,(H,20,21);1H. The van der Waals surface area contributed by atoms with Gasteiger partial charge in [-0.3, -0.25) is 9.89 Å². The normalized spacial score (nSPS) is 16.2. The van der Waals surface area contributed by atoms with Crippen molar-refractivity contribution in [3.05, 3.63) is 35.9 Å². The van der Waals surface area contributed by atoms with E-state index in [9.17, 15) is 0 Å². The van der Waals surface area contributed by atoms with Gasteiger partial charge in [0.2, 0.25) is 0 Å². The minimum Gasteiger partial charge on any atom is -0.357 e. The summed E-state index contributed by atoms with van der Waals surface area (Å²) in [6, 6.07) is 11.1. The number of rotatable bonds is 7. The Hall–Kier alpha value is -0.820. The van der Waals surface area contributed by atoms with Crippen LogP contribution in [-0.4, -0.2) is 55.0 Å². The van der Waals surface area contributed by atoms with Gasteiger partial charge in [-0.05, 0) is 38.4 Å². The molecule has 1 aliphatic heterocycles. The van der Waals surface area contributed by atoms with Crippen molar-refractivity contribution in [2.75, 3.05) is 39.3 Å². The molecular weight excluding hydrogens is 411 g/mol. The zero-order valence-corrected chi connectivity index (χ0v) is 17.7.